The summed E-state index contributed by atoms with van der Waals surface area (Å²) in [6, 6.07) is 12.3. The smallest absolute Gasteiger partial charge is 0.172 e. The lowest BCUT2D eigenvalue weighted by Crippen LogP contribution is -1.94. The van der Waals surface area contributed by atoms with E-state index >= 15 is 0 Å². The van der Waals surface area contributed by atoms with Gasteiger partial charge < -0.3 is 9.97 Å². The van der Waals surface area contributed by atoms with Gasteiger partial charge in [0, 0.05) is 43.7 Å². The van der Waals surface area contributed by atoms with Crippen LogP contribution in [0.25, 0.3) is 43.6 Å². The fourth-order valence-electron chi connectivity index (χ4n) is 4.65. The van der Waals surface area contributed by atoms with E-state index in [9.17, 15) is 9.59 Å². The largest absolute Gasteiger partial charge is 0.353 e. The molecule has 5 aromatic rings. The number of Topliss-reactive ketones (excluding diaryl/α,β-unsaturated/α-hetero) is 2. The lowest BCUT2D eigenvalue weighted by molar-refractivity contribution is 0.0924. The highest BCUT2D eigenvalue weighted by Crippen LogP contribution is 2.43. The number of carbonyl (C=O) groups excluding carboxylic acids is 2. The molecule has 2 N–H and O–H groups in total. The zero-order valence-corrected chi connectivity index (χ0v) is 15.0. The number of aryl methyl sites for hydroxylation is 2. The third-order valence-corrected chi connectivity index (χ3v) is 5.79. The van der Waals surface area contributed by atoms with Crippen molar-refractivity contribution >= 4 is 55.2 Å². The molecule has 1 aliphatic carbocycles. The van der Waals surface area contributed by atoms with Gasteiger partial charge in [-0.1, -0.05) is 24.3 Å². The Bertz CT molecular complexity index is 1380. The van der Waals surface area contributed by atoms with E-state index < -0.39 is 0 Å². The Morgan fingerprint density at radius 3 is 1.59 bits per heavy atom. The minimum absolute atomic E-state index is 0.0411. The Morgan fingerprint density at radius 2 is 1.15 bits per heavy atom. The first-order valence-electron chi connectivity index (χ1n) is 9.09. The normalized spacial score (nSPS) is 14.3. The van der Waals surface area contributed by atoms with E-state index in [1.807, 2.05) is 38.1 Å². The van der Waals surface area contributed by atoms with Gasteiger partial charge in [0.05, 0.1) is 17.5 Å². The number of hydrogen-bond acceptors (Lipinski definition) is 2. The summed E-state index contributed by atoms with van der Waals surface area (Å²) >= 11 is 0. The molecule has 1 aliphatic rings. The van der Waals surface area contributed by atoms with E-state index in [4.69, 9.17) is 0 Å². The van der Waals surface area contributed by atoms with Crippen LogP contribution in [0.15, 0.2) is 36.4 Å². The summed E-state index contributed by atoms with van der Waals surface area (Å²) in [5, 5.41) is 3.72. The predicted octanol–water partition coefficient (Wildman–Crippen LogP) is 5.34. The lowest BCUT2D eigenvalue weighted by atomic mass is 9.96. The number of ketones is 2. The summed E-state index contributed by atoms with van der Waals surface area (Å²) in [5.74, 6) is -0.158. The number of carbonyl (C=O) groups is 2. The molecule has 0 radical (unpaired) electrons. The summed E-state index contributed by atoms with van der Waals surface area (Å²) in [7, 11) is 0. The second-order valence-corrected chi connectivity index (χ2v) is 7.62. The van der Waals surface area contributed by atoms with Crippen molar-refractivity contribution in [3.63, 3.8) is 0 Å². The Kier molecular flexibility index (Phi) is 2.54. The van der Waals surface area contributed by atoms with Crippen LogP contribution in [-0.2, 0) is 0 Å². The van der Waals surface area contributed by atoms with E-state index in [0.717, 1.165) is 54.7 Å². The molecule has 0 saturated heterocycles. The van der Waals surface area contributed by atoms with Crippen LogP contribution in [0.2, 0.25) is 0 Å². The van der Waals surface area contributed by atoms with Gasteiger partial charge in [-0.2, -0.15) is 0 Å². The van der Waals surface area contributed by atoms with E-state index in [1.54, 1.807) is 0 Å². The third kappa shape index (κ3) is 1.72. The van der Waals surface area contributed by atoms with E-state index in [2.05, 4.69) is 22.1 Å². The fraction of sp³-hybridized carbons (Fsp3) is 0.130. The van der Waals surface area contributed by atoms with Gasteiger partial charge >= 0.3 is 0 Å². The first-order valence-corrected chi connectivity index (χ1v) is 9.09. The number of H-pyrrole nitrogens is 2. The first-order chi connectivity index (χ1) is 13.0. The number of hydrogen-bond donors (Lipinski definition) is 2. The van der Waals surface area contributed by atoms with Crippen LogP contribution in [-0.4, -0.2) is 21.5 Å². The van der Waals surface area contributed by atoms with E-state index in [1.165, 1.54) is 0 Å². The molecule has 0 amide bonds. The van der Waals surface area contributed by atoms with Crippen molar-refractivity contribution in [2.24, 2.45) is 0 Å². The van der Waals surface area contributed by atoms with Crippen molar-refractivity contribution in [1.82, 2.24) is 9.97 Å². The predicted molar refractivity (Wildman–Crippen MR) is 108 cm³/mol. The Morgan fingerprint density at radius 1 is 0.704 bits per heavy atom. The molecule has 3 aromatic carbocycles. The average molecular weight is 352 g/mol. The number of aromatic amines is 2. The van der Waals surface area contributed by atoms with Gasteiger partial charge in [-0.05, 0) is 37.1 Å². The molecule has 0 unspecified atom stereocenters. The minimum Gasteiger partial charge on any atom is -0.353 e. The summed E-state index contributed by atoms with van der Waals surface area (Å²) in [6.07, 6.45) is -0.0411. The van der Waals surface area contributed by atoms with Gasteiger partial charge in [0.25, 0.3) is 0 Å². The number of fused-ring (bicyclic) bond motifs is 10. The van der Waals surface area contributed by atoms with Gasteiger partial charge in [-0.3, -0.25) is 9.59 Å². The highest BCUT2D eigenvalue weighted by Gasteiger charge is 2.34. The molecular formula is C23H16N2O2. The van der Waals surface area contributed by atoms with Crippen LogP contribution >= 0.6 is 0 Å². The van der Waals surface area contributed by atoms with Crippen molar-refractivity contribution in [1.29, 1.82) is 0 Å². The molecule has 27 heavy (non-hydrogen) atoms. The molecule has 0 aliphatic heterocycles. The Hall–Kier alpha value is -3.40. The maximum atomic E-state index is 12.8. The van der Waals surface area contributed by atoms with Gasteiger partial charge in [0.1, 0.15) is 0 Å². The molecule has 2 heterocycles. The molecule has 130 valence electrons. The van der Waals surface area contributed by atoms with Crippen molar-refractivity contribution in [3.8, 4) is 0 Å². The number of nitrogens with one attached hydrogen (secondary N) is 2. The zero-order valence-electron chi connectivity index (χ0n) is 15.0. The highest BCUT2D eigenvalue weighted by atomic mass is 16.2. The number of aromatic nitrogens is 2. The highest BCUT2D eigenvalue weighted by molar-refractivity contribution is 6.40. The van der Waals surface area contributed by atoms with Crippen molar-refractivity contribution < 1.29 is 9.59 Å². The Balaban J connectivity index is 1.98. The summed E-state index contributed by atoms with van der Waals surface area (Å²) in [5.41, 5.74) is 7.25. The van der Waals surface area contributed by atoms with Crippen LogP contribution in [0.3, 0.4) is 0 Å². The molecule has 0 fully saturated rings. The van der Waals surface area contributed by atoms with Crippen LogP contribution in [0, 0.1) is 13.8 Å². The molecule has 0 saturated carbocycles. The lowest BCUT2D eigenvalue weighted by Gasteiger charge is -2.04. The molecule has 4 nitrogen and oxygen atoms in total. The molecule has 0 atom stereocenters. The van der Waals surface area contributed by atoms with Crippen LogP contribution in [0.1, 0.15) is 38.3 Å². The molecule has 4 heteroatoms. The van der Waals surface area contributed by atoms with Crippen molar-refractivity contribution in [3.05, 3.63) is 58.7 Å². The van der Waals surface area contributed by atoms with Crippen molar-refractivity contribution in [2.45, 2.75) is 20.3 Å². The summed E-state index contributed by atoms with van der Waals surface area (Å²) in [4.78, 5) is 32.6. The number of rotatable bonds is 0. The minimum atomic E-state index is -0.0789. The van der Waals surface area contributed by atoms with E-state index in [0.29, 0.717) is 11.1 Å². The van der Waals surface area contributed by atoms with Crippen molar-refractivity contribution in [2.75, 3.05) is 0 Å². The standard InChI is InChI=1S/C23H16N2O2/c1-10-3-5-12-14(7-10)24-22-18(12)20-16(26)9-17(27)21(20)19-13-6-4-11(2)8-15(13)25-23(19)22/h3-8,24-25H,9H2,1-2H3. The second kappa shape index (κ2) is 4.65. The van der Waals surface area contributed by atoms with Gasteiger partial charge in [0.2, 0.25) is 0 Å². The monoisotopic (exact) mass is 352 g/mol. The summed E-state index contributed by atoms with van der Waals surface area (Å²) in [6.45, 7) is 4.09. The topological polar surface area (TPSA) is 65.7 Å². The third-order valence-electron chi connectivity index (χ3n) is 5.79. The Labute approximate surface area is 154 Å². The quantitative estimate of drug-likeness (QED) is 0.369. The SMILES string of the molecule is Cc1ccc2c(c1)[nH]c1c3[nH]c4cc(C)ccc4c3c3c(c21)C(=O)CC3=O. The van der Waals surface area contributed by atoms with Gasteiger partial charge in [-0.15, -0.1) is 0 Å². The molecule has 2 aromatic heterocycles. The van der Waals surface area contributed by atoms with Gasteiger partial charge in [0.15, 0.2) is 11.6 Å². The molecular weight excluding hydrogens is 336 g/mol. The fourth-order valence-corrected chi connectivity index (χ4v) is 4.65. The molecule has 0 bridgehead atoms. The van der Waals surface area contributed by atoms with Gasteiger partial charge in [-0.25, -0.2) is 0 Å². The molecule has 6 rings (SSSR count). The molecule has 0 spiro atoms. The summed E-state index contributed by atoms with van der Waals surface area (Å²) < 4.78 is 0. The van der Waals surface area contributed by atoms with Crippen LogP contribution in [0.5, 0.6) is 0 Å². The average Bonchev–Trinajstić information content (AvgIpc) is 3.25. The van der Waals surface area contributed by atoms with E-state index in [-0.39, 0.29) is 18.0 Å². The maximum Gasteiger partial charge on any atom is 0.172 e. The number of benzene rings is 3. The second-order valence-electron chi connectivity index (χ2n) is 7.62. The van der Waals surface area contributed by atoms with Crippen LogP contribution in [0.4, 0.5) is 0 Å². The van der Waals surface area contributed by atoms with Crippen LogP contribution < -0.4 is 0 Å². The maximum absolute atomic E-state index is 12.8. The zero-order chi connectivity index (χ0) is 18.4. The first kappa shape index (κ1) is 14.7.